The molecule has 0 aromatic rings. The Hall–Kier alpha value is -0.570. The lowest BCUT2D eigenvalue weighted by molar-refractivity contribution is -0.147. The van der Waals surface area contributed by atoms with Crippen LogP contribution in [0.25, 0.3) is 0 Å². The van der Waals surface area contributed by atoms with Crippen LogP contribution in [-0.2, 0) is 9.53 Å². The Kier molecular flexibility index (Phi) is 5.69. The molecule has 0 aromatic carbocycles. The summed E-state index contributed by atoms with van der Waals surface area (Å²) in [5, 5.41) is 0. The van der Waals surface area contributed by atoms with Gasteiger partial charge in [-0.1, -0.05) is 32.6 Å². The monoisotopic (exact) mass is 213 g/mol. The fourth-order valence-electron chi connectivity index (χ4n) is 2.10. The zero-order valence-corrected chi connectivity index (χ0v) is 9.71. The van der Waals surface area contributed by atoms with E-state index in [-0.39, 0.29) is 12.0 Å². The van der Waals surface area contributed by atoms with Gasteiger partial charge in [-0.3, -0.25) is 4.79 Å². The molecule has 15 heavy (non-hydrogen) atoms. The molecule has 0 spiro atoms. The lowest BCUT2D eigenvalue weighted by atomic mass is 9.84. The average Bonchev–Trinajstić information content (AvgIpc) is 2.29. The number of rotatable bonds is 5. The molecular weight excluding hydrogens is 190 g/mol. The summed E-state index contributed by atoms with van der Waals surface area (Å²) in [4.78, 5) is 11.6. The van der Waals surface area contributed by atoms with Gasteiger partial charge >= 0.3 is 5.97 Å². The highest BCUT2D eigenvalue weighted by Crippen LogP contribution is 2.26. The molecule has 1 atom stereocenters. The molecule has 0 amide bonds. The van der Waals surface area contributed by atoms with Gasteiger partial charge in [0.05, 0.1) is 6.61 Å². The van der Waals surface area contributed by atoms with Crippen LogP contribution < -0.4 is 5.73 Å². The molecule has 1 saturated carbocycles. The number of nitrogens with two attached hydrogens (primary N) is 1. The normalized spacial score (nSPS) is 19.9. The van der Waals surface area contributed by atoms with Crippen LogP contribution in [0, 0.1) is 5.92 Å². The summed E-state index contributed by atoms with van der Waals surface area (Å²) in [6.07, 6.45) is 7.86. The average molecular weight is 213 g/mol. The number of carbonyl (C=O) groups is 1. The molecule has 1 fully saturated rings. The van der Waals surface area contributed by atoms with Crippen molar-refractivity contribution < 1.29 is 9.53 Å². The molecule has 0 aliphatic heterocycles. The van der Waals surface area contributed by atoms with Gasteiger partial charge in [0.1, 0.15) is 6.04 Å². The van der Waals surface area contributed by atoms with Crippen molar-refractivity contribution in [3.63, 3.8) is 0 Å². The van der Waals surface area contributed by atoms with Crippen LogP contribution >= 0.6 is 0 Å². The van der Waals surface area contributed by atoms with E-state index in [2.05, 4.69) is 6.92 Å². The van der Waals surface area contributed by atoms with Crippen LogP contribution in [0.5, 0.6) is 0 Å². The largest absolute Gasteiger partial charge is 0.465 e. The third-order valence-corrected chi connectivity index (χ3v) is 3.17. The summed E-state index contributed by atoms with van der Waals surface area (Å²) in [6.45, 7) is 2.60. The lowest BCUT2D eigenvalue weighted by Crippen LogP contribution is -2.40. The second kappa shape index (κ2) is 6.83. The van der Waals surface area contributed by atoms with Crippen molar-refractivity contribution in [1.29, 1.82) is 0 Å². The maximum atomic E-state index is 11.6. The van der Waals surface area contributed by atoms with E-state index in [1.165, 1.54) is 19.3 Å². The van der Waals surface area contributed by atoms with E-state index >= 15 is 0 Å². The van der Waals surface area contributed by atoms with Gasteiger partial charge in [-0.25, -0.2) is 0 Å². The molecule has 1 unspecified atom stereocenters. The van der Waals surface area contributed by atoms with Crippen LogP contribution in [0.4, 0.5) is 0 Å². The molecule has 0 bridgehead atoms. The molecule has 1 aliphatic carbocycles. The van der Waals surface area contributed by atoms with Crippen molar-refractivity contribution in [2.45, 2.75) is 57.9 Å². The van der Waals surface area contributed by atoms with Crippen LogP contribution in [0.2, 0.25) is 0 Å². The minimum Gasteiger partial charge on any atom is -0.465 e. The van der Waals surface area contributed by atoms with Gasteiger partial charge in [-0.05, 0) is 25.2 Å². The lowest BCUT2D eigenvalue weighted by Gasteiger charge is -2.25. The highest BCUT2D eigenvalue weighted by Gasteiger charge is 2.26. The first kappa shape index (κ1) is 12.5. The Labute approximate surface area is 92.4 Å². The van der Waals surface area contributed by atoms with Gasteiger partial charge in [-0.15, -0.1) is 0 Å². The summed E-state index contributed by atoms with van der Waals surface area (Å²) < 4.78 is 5.13. The zero-order chi connectivity index (χ0) is 11.1. The molecule has 1 aliphatic rings. The topological polar surface area (TPSA) is 52.3 Å². The molecule has 2 N–H and O–H groups in total. The Morgan fingerprint density at radius 1 is 1.40 bits per heavy atom. The highest BCUT2D eigenvalue weighted by molar-refractivity contribution is 5.75. The van der Waals surface area contributed by atoms with Crippen molar-refractivity contribution in [3.8, 4) is 0 Å². The van der Waals surface area contributed by atoms with E-state index in [1.54, 1.807) is 0 Å². The maximum Gasteiger partial charge on any atom is 0.323 e. The van der Waals surface area contributed by atoms with Crippen LogP contribution in [0.3, 0.4) is 0 Å². The van der Waals surface area contributed by atoms with Gasteiger partial charge in [0.15, 0.2) is 0 Å². The summed E-state index contributed by atoms with van der Waals surface area (Å²) in [7, 11) is 0. The second-order valence-electron chi connectivity index (χ2n) is 4.44. The van der Waals surface area contributed by atoms with Crippen LogP contribution in [0.15, 0.2) is 0 Å². The van der Waals surface area contributed by atoms with Crippen molar-refractivity contribution >= 4 is 5.97 Å². The predicted molar refractivity (Wildman–Crippen MR) is 60.4 cm³/mol. The number of esters is 1. The maximum absolute atomic E-state index is 11.6. The van der Waals surface area contributed by atoms with Gasteiger partial charge in [-0.2, -0.15) is 0 Å². The molecule has 0 aromatic heterocycles. The van der Waals surface area contributed by atoms with Crippen LogP contribution in [0.1, 0.15) is 51.9 Å². The highest BCUT2D eigenvalue weighted by atomic mass is 16.5. The molecule has 88 valence electrons. The van der Waals surface area contributed by atoms with Gasteiger partial charge in [0.25, 0.3) is 0 Å². The Morgan fingerprint density at radius 3 is 2.67 bits per heavy atom. The summed E-state index contributed by atoms with van der Waals surface area (Å²) in [5.41, 5.74) is 5.90. The van der Waals surface area contributed by atoms with Gasteiger partial charge in [0, 0.05) is 0 Å². The third-order valence-electron chi connectivity index (χ3n) is 3.17. The smallest absolute Gasteiger partial charge is 0.323 e. The standard InChI is InChI=1S/C12H23NO2/c1-2-3-9-15-12(14)11(13)10-7-5-4-6-8-10/h10-11H,2-9,13H2,1H3. The van der Waals surface area contributed by atoms with Gasteiger partial charge in [0.2, 0.25) is 0 Å². The fraction of sp³-hybridized carbons (Fsp3) is 0.917. The summed E-state index contributed by atoms with van der Waals surface area (Å²) in [6, 6.07) is -0.387. The van der Waals surface area contributed by atoms with Gasteiger partial charge < -0.3 is 10.5 Å². The number of unbranched alkanes of at least 4 members (excludes halogenated alkanes) is 1. The molecule has 3 nitrogen and oxygen atoms in total. The molecule has 0 heterocycles. The quantitative estimate of drug-likeness (QED) is 0.563. The number of carbonyl (C=O) groups excluding carboxylic acids is 1. The molecule has 0 radical (unpaired) electrons. The molecule has 3 heteroatoms. The number of hydrogen-bond acceptors (Lipinski definition) is 3. The Balaban J connectivity index is 2.24. The Morgan fingerprint density at radius 2 is 2.07 bits per heavy atom. The van der Waals surface area contributed by atoms with E-state index in [0.717, 1.165) is 25.7 Å². The van der Waals surface area contributed by atoms with Crippen molar-refractivity contribution in [1.82, 2.24) is 0 Å². The van der Waals surface area contributed by atoms with E-state index in [9.17, 15) is 4.79 Å². The number of hydrogen-bond donors (Lipinski definition) is 1. The van der Waals surface area contributed by atoms with Crippen molar-refractivity contribution in [3.05, 3.63) is 0 Å². The summed E-state index contributed by atoms with van der Waals surface area (Å²) in [5.74, 6) is 0.156. The molecular formula is C12H23NO2. The summed E-state index contributed by atoms with van der Waals surface area (Å²) >= 11 is 0. The van der Waals surface area contributed by atoms with E-state index in [1.807, 2.05) is 0 Å². The first-order valence-electron chi connectivity index (χ1n) is 6.18. The van der Waals surface area contributed by atoms with E-state index < -0.39 is 0 Å². The van der Waals surface area contributed by atoms with E-state index in [4.69, 9.17) is 10.5 Å². The first-order valence-corrected chi connectivity index (χ1v) is 6.18. The van der Waals surface area contributed by atoms with Crippen LogP contribution in [-0.4, -0.2) is 18.6 Å². The second-order valence-corrected chi connectivity index (χ2v) is 4.44. The predicted octanol–water partition coefficient (Wildman–Crippen LogP) is 2.24. The minimum absolute atomic E-state index is 0.199. The van der Waals surface area contributed by atoms with E-state index in [0.29, 0.717) is 12.5 Å². The minimum atomic E-state index is -0.387. The fourth-order valence-corrected chi connectivity index (χ4v) is 2.10. The third kappa shape index (κ3) is 4.20. The Bertz CT molecular complexity index is 188. The molecule has 0 saturated heterocycles. The first-order chi connectivity index (χ1) is 7.25. The molecule has 1 rings (SSSR count). The SMILES string of the molecule is CCCCOC(=O)C(N)C1CCCCC1. The van der Waals surface area contributed by atoms with Crippen molar-refractivity contribution in [2.24, 2.45) is 11.7 Å². The van der Waals surface area contributed by atoms with Crippen molar-refractivity contribution in [2.75, 3.05) is 6.61 Å². The number of ether oxygens (including phenoxy) is 1. The zero-order valence-electron chi connectivity index (χ0n) is 9.71.